The first-order chi connectivity index (χ1) is 15.0. The van der Waals surface area contributed by atoms with Crippen LogP contribution < -0.4 is 18.9 Å². The summed E-state index contributed by atoms with van der Waals surface area (Å²) in [4.78, 5) is 14.4. The molecule has 31 heavy (non-hydrogen) atoms. The number of benzene rings is 2. The maximum absolute atomic E-state index is 12.7. The third kappa shape index (κ3) is 4.58. The van der Waals surface area contributed by atoms with Crippen LogP contribution in [0.25, 0.3) is 11.8 Å². The number of carbonyl (C=O) groups is 1. The fourth-order valence-electron chi connectivity index (χ4n) is 3.54. The zero-order chi connectivity index (χ0) is 22.5. The van der Waals surface area contributed by atoms with Crippen molar-refractivity contribution in [1.29, 1.82) is 0 Å². The van der Waals surface area contributed by atoms with Gasteiger partial charge in [-0.1, -0.05) is 15.9 Å². The molecule has 166 valence electrons. The first-order valence-electron chi connectivity index (χ1n) is 9.80. The van der Waals surface area contributed by atoms with E-state index in [2.05, 4.69) is 15.9 Å². The summed E-state index contributed by atoms with van der Waals surface area (Å²) < 4.78 is 27.9. The molecule has 0 aromatic heterocycles. The lowest BCUT2D eigenvalue weighted by molar-refractivity contribution is 0.125. The summed E-state index contributed by atoms with van der Waals surface area (Å²) in [6.07, 6.45) is 2.19. The largest absolute Gasteiger partial charge is 0.493 e. The Bertz CT molecular complexity index is 1000. The maximum Gasteiger partial charge on any atom is 0.414 e. The first-order valence-corrected chi connectivity index (χ1v) is 10.6. The van der Waals surface area contributed by atoms with Gasteiger partial charge in [-0.25, -0.2) is 4.79 Å². The molecular formula is C23H26BrNO6. The average molecular weight is 492 g/mol. The standard InChI is InChI=1S/C23H26BrNO6/c1-6-31-23(26)25-8-7-14-10-19(27-2)21(29-4)12-16(14)18(25)9-15-11-20(28-3)22(30-5)13-17(15)24/h9-13H,6-8H2,1-5H3. The van der Waals surface area contributed by atoms with Crippen molar-refractivity contribution in [1.82, 2.24) is 4.90 Å². The van der Waals surface area contributed by atoms with Gasteiger partial charge in [-0.05, 0) is 54.8 Å². The van der Waals surface area contributed by atoms with Crippen LogP contribution in [0.5, 0.6) is 23.0 Å². The minimum absolute atomic E-state index is 0.293. The third-order valence-electron chi connectivity index (χ3n) is 5.06. The predicted molar refractivity (Wildman–Crippen MR) is 122 cm³/mol. The molecule has 0 bridgehead atoms. The van der Waals surface area contributed by atoms with E-state index in [-0.39, 0.29) is 0 Å². The van der Waals surface area contributed by atoms with Crippen LogP contribution in [0.3, 0.4) is 0 Å². The second kappa shape index (κ2) is 9.96. The van der Waals surface area contributed by atoms with Crippen LogP contribution in [0.2, 0.25) is 0 Å². The lowest BCUT2D eigenvalue weighted by atomic mass is 9.94. The zero-order valence-corrected chi connectivity index (χ0v) is 19.9. The molecule has 1 aliphatic rings. The van der Waals surface area contributed by atoms with Crippen LogP contribution in [0.15, 0.2) is 28.7 Å². The summed E-state index contributed by atoms with van der Waals surface area (Å²) in [5.74, 6) is 2.43. The SMILES string of the molecule is CCOC(=O)N1CCc2cc(OC)c(OC)cc2C1=Cc1cc(OC)c(OC)cc1Br. The van der Waals surface area contributed by atoms with Crippen LogP contribution in [-0.2, 0) is 11.2 Å². The number of methoxy groups -OCH3 is 4. The van der Waals surface area contributed by atoms with Gasteiger partial charge in [0.15, 0.2) is 23.0 Å². The second-order valence-electron chi connectivity index (χ2n) is 6.72. The molecule has 7 nitrogen and oxygen atoms in total. The van der Waals surface area contributed by atoms with Gasteiger partial charge in [0.2, 0.25) is 0 Å². The normalized spacial score (nSPS) is 14.1. The van der Waals surface area contributed by atoms with Crippen molar-refractivity contribution < 1.29 is 28.5 Å². The van der Waals surface area contributed by atoms with E-state index in [4.69, 9.17) is 23.7 Å². The number of hydrogen-bond acceptors (Lipinski definition) is 6. The fraction of sp³-hybridized carbons (Fsp3) is 0.348. The van der Waals surface area contributed by atoms with Crippen molar-refractivity contribution >= 4 is 33.8 Å². The molecule has 0 radical (unpaired) electrons. The summed E-state index contributed by atoms with van der Waals surface area (Å²) in [6, 6.07) is 7.53. The van der Waals surface area contributed by atoms with Gasteiger partial charge < -0.3 is 23.7 Å². The Balaban J connectivity index is 2.21. The fourth-order valence-corrected chi connectivity index (χ4v) is 3.98. The topological polar surface area (TPSA) is 66.5 Å². The van der Waals surface area contributed by atoms with E-state index in [0.29, 0.717) is 48.3 Å². The lowest BCUT2D eigenvalue weighted by Gasteiger charge is -2.31. The Morgan fingerprint density at radius 3 is 2.16 bits per heavy atom. The van der Waals surface area contributed by atoms with Gasteiger partial charge in [-0.2, -0.15) is 0 Å². The molecule has 0 saturated carbocycles. The van der Waals surface area contributed by atoms with Crippen molar-refractivity contribution in [2.75, 3.05) is 41.6 Å². The average Bonchev–Trinajstić information content (AvgIpc) is 2.79. The van der Waals surface area contributed by atoms with E-state index in [0.717, 1.165) is 21.2 Å². The molecule has 0 N–H and O–H groups in total. The zero-order valence-electron chi connectivity index (χ0n) is 18.3. The van der Waals surface area contributed by atoms with Crippen molar-refractivity contribution in [3.8, 4) is 23.0 Å². The summed E-state index contributed by atoms with van der Waals surface area (Å²) in [6.45, 7) is 2.57. The predicted octanol–water partition coefficient (Wildman–Crippen LogP) is 5.00. The number of halogens is 1. The number of amides is 1. The van der Waals surface area contributed by atoms with E-state index < -0.39 is 6.09 Å². The molecule has 1 amide bonds. The Hall–Kier alpha value is -2.87. The summed E-state index contributed by atoms with van der Waals surface area (Å²) in [5, 5.41) is 0. The molecule has 1 aliphatic heterocycles. The highest BCUT2D eigenvalue weighted by Crippen LogP contribution is 2.40. The minimum atomic E-state index is -0.397. The molecule has 0 saturated heterocycles. The van der Waals surface area contributed by atoms with Crippen molar-refractivity contribution in [3.63, 3.8) is 0 Å². The molecule has 2 aromatic rings. The van der Waals surface area contributed by atoms with Crippen molar-refractivity contribution in [3.05, 3.63) is 45.4 Å². The van der Waals surface area contributed by atoms with Gasteiger partial charge in [0.05, 0.1) is 40.7 Å². The van der Waals surface area contributed by atoms with Gasteiger partial charge in [0, 0.05) is 16.6 Å². The molecule has 0 fully saturated rings. The molecular weight excluding hydrogens is 466 g/mol. The molecule has 2 aromatic carbocycles. The van der Waals surface area contributed by atoms with E-state index in [9.17, 15) is 4.79 Å². The second-order valence-corrected chi connectivity index (χ2v) is 7.58. The molecule has 8 heteroatoms. The monoisotopic (exact) mass is 491 g/mol. The Kier molecular flexibility index (Phi) is 7.33. The quantitative estimate of drug-likeness (QED) is 0.566. The maximum atomic E-state index is 12.7. The van der Waals surface area contributed by atoms with Gasteiger partial charge in [-0.15, -0.1) is 0 Å². The minimum Gasteiger partial charge on any atom is -0.493 e. The van der Waals surface area contributed by atoms with E-state index in [1.165, 1.54) is 0 Å². The molecule has 0 aliphatic carbocycles. The number of carbonyl (C=O) groups excluding carboxylic acids is 1. The molecule has 3 rings (SSSR count). The van der Waals surface area contributed by atoms with Gasteiger partial charge in [0.1, 0.15) is 0 Å². The van der Waals surface area contributed by atoms with Crippen LogP contribution in [-0.4, -0.2) is 52.6 Å². The van der Waals surface area contributed by atoms with E-state index >= 15 is 0 Å². The van der Waals surface area contributed by atoms with Crippen LogP contribution in [0.4, 0.5) is 4.79 Å². The number of fused-ring (bicyclic) bond motifs is 1. The van der Waals surface area contributed by atoms with Gasteiger partial charge >= 0.3 is 6.09 Å². The van der Waals surface area contributed by atoms with Crippen molar-refractivity contribution in [2.45, 2.75) is 13.3 Å². The Labute approximate surface area is 190 Å². The smallest absolute Gasteiger partial charge is 0.414 e. The van der Waals surface area contributed by atoms with E-state index in [1.807, 2.05) is 30.3 Å². The van der Waals surface area contributed by atoms with Gasteiger partial charge in [-0.3, -0.25) is 4.90 Å². The van der Waals surface area contributed by atoms with Crippen molar-refractivity contribution in [2.24, 2.45) is 0 Å². The third-order valence-corrected chi connectivity index (χ3v) is 5.75. The first kappa shape index (κ1) is 22.8. The molecule has 0 unspecified atom stereocenters. The summed E-state index contributed by atoms with van der Waals surface area (Å²) >= 11 is 3.60. The van der Waals surface area contributed by atoms with Gasteiger partial charge in [0.25, 0.3) is 0 Å². The Morgan fingerprint density at radius 2 is 1.55 bits per heavy atom. The Morgan fingerprint density at radius 1 is 0.968 bits per heavy atom. The van der Waals surface area contributed by atoms with Crippen LogP contribution in [0.1, 0.15) is 23.6 Å². The van der Waals surface area contributed by atoms with Crippen LogP contribution in [0, 0.1) is 0 Å². The molecule has 1 heterocycles. The summed E-state index contributed by atoms with van der Waals surface area (Å²) in [5.41, 5.74) is 3.46. The summed E-state index contributed by atoms with van der Waals surface area (Å²) in [7, 11) is 6.36. The molecule has 0 atom stereocenters. The number of hydrogen-bond donors (Lipinski definition) is 0. The lowest BCUT2D eigenvalue weighted by Crippen LogP contribution is -2.35. The number of ether oxygens (including phenoxy) is 5. The highest BCUT2D eigenvalue weighted by molar-refractivity contribution is 9.10. The highest BCUT2D eigenvalue weighted by Gasteiger charge is 2.29. The molecule has 0 spiro atoms. The number of rotatable bonds is 6. The van der Waals surface area contributed by atoms with E-state index in [1.54, 1.807) is 40.3 Å². The highest BCUT2D eigenvalue weighted by atomic mass is 79.9. The van der Waals surface area contributed by atoms with Crippen LogP contribution >= 0.6 is 15.9 Å². The number of nitrogens with zero attached hydrogens (tertiary/aromatic N) is 1.